The lowest BCUT2D eigenvalue weighted by Gasteiger charge is -2.39. The highest BCUT2D eigenvalue weighted by Crippen LogP contribution is 2.27. The van der Waals surface area contributed by atoms with Crippen LogP contribution < -0.4 is 10.6 Å². The second-order valence-electron chi connectivity index (χ2n) is 10.7. The van der Waals surface area contributed by atoms with Gasteiger partial charge in [-0.1, -0.05) is 12.1 Å². The lowest BCUT2D eigenvalue weighted by molar-refractivity contribution is -0.0641. The van der Waals surface area contributed by atoms with Crippen molar-refractivity contribution < 1.29 is 13.9 Å². The van der Waals surface area contributed by atoms with Gasteiger partial charge in [0.15, 0.2) is 0 Å². The topological polar surface area (TPSA) is 100 Å². The van der Waals surface area contributed by atoms with Crippen LogP contribution in [0.2, 0.25) is 0 Å². The van der Waals surface area contributed by atoms with Gasteiger partial charge >= 0.3 is 6.03 Å². The van der Waals surface area contributed by atoms with Crippen molar-refractivity contribution >= 4 is 17.7 Å². The molecule has 2 N–H and O–H groups in total. The van der Waals surface area contributed by atoms with Crippen LogP contribution in [0.25, 0.3) is 11.3 Å². The fourth-order valence-electron chi connectivity index (χ4n) is 5.05. The first-order chi connectivity index (χ1) is 18.7. The van der Waals surface area contributed by atoms with Gasteiger partial charge in [-0.25, -0.2) is 19.2 Å². The zero-order valence-corrected chi connectivity index (χ0v) is 23.0. The van der Waals surface area contributed by atoms with Gasteiger partial charge in [-0.15, -0.1) is 0 Å². The molecule has 0 unspecified atom stereocenters. The Morgan fingerprint density at radius 1 is 1.23 bits per heavy atom. The molecule has 3 aromatic rings. The van der Waals surface area contributed by atoms with E-state index in [9.17, 15) is 9.18 Å². The van der Waals surface area contributed by atoms with Gasteiger partial charge in [0, 0.05) is 37.6 Å². The third-order valence-electron chi connectivity index (χ3n) is 7.23. The molecule has 0 spiro atoms. The van der Waals surface area contributed by atoms with Crippen molar-refractivity contribution in [1.29, 1.82) is 0 Å². The predicted octanol–water partition coefficient (Wildman–Crippen LogP) is 3.93. The summed E-state index contributed by atoms with van der Waals surface area (Å²) >= 11 is 0. The molecule has 2 saturated heterocycles. The van der Waals surface area contributed by atoms with Crippen molar-refractivity contribution in [3.63, 3.8) is 0 Å². The van der Waals surface area contributed by atoms with Crippen LogP contribution >= 0.6 is 0 Å². The van der Waals surface area contributed by atoms with E-state index in [0.29, 0.717) is 37.8 Å². The van der Waals surface area contributed by atoms with Crippen molar-refractivity contribution in [2.75, 3.05) is 38.5 Å². The molecule has 1 aromatic carbocycles. The molecule has 2 aliphatic heterocycles. The maximum atomic E-state index is 14.5. The average Bonchev–Trinajstić information content (AvgIpc) is 3.33. The summed E-state index contributed by atoms with van der Waals surface area (Å²) in [5.74, 6) is 0.440. The molecule has 11 heteroatoms. The van der Waals surface area contributed by atoms with Crippen LogP contribution in [0.4, 0.5) is 20.8 Å². The van der Waals surface area contributed by atoms with Crippen molar-refractivity contribution in [3.05, 3.63) is 54.0 Å². The van der Waals surface area contributed by atoms with Gasteiger partial charge in [0.05, 0.1) is 48.9 Å². The first-order valence-electron chi connectivity index (χ1n) is 13.5. The number of aromatic nitrogens is 4. The maximum Gasteiger partial charge on any atom is 0.317 e. The smallest absolute Gasteiger partial charge is 0.317 e. The number of nitrogens with one attached hydrogen (secondary N) is 2. The molecule has 2 amide bonds. The Kier molecular flexibility index (Phi) is 8.08. The molecule has 2 aromatic heterocycles. The first kappa shape index (κ1) is 27.0. The number of halogens is 1. The molecule has 4 heterocycles. The van der Waals surface area contributed by atoms with Crippen LogP contribution in [0.3, 0.4) is 0 Å². The number of ether oxygens (including phenoxy) is 1. The zero-order chi connectivity index (χ0) is 27.5. The van der Waals surface area contributed by atoms with E-state index in [1.54, 1.807) is 22.0 Å². The standard InChI is InChI=1S/C28H37FN8O2/c1-18(2)39-23-15-36(16-23)28(38)31-12-21-6-5-20(11-19(21)3)25-7-9-30-27(34-25)33-22-13-32-37(14-22)26-8-10-35(4)17-24(26)29/h5-7,9,11,13-14,18,23-24,26H,8,10,12,15-17H2,1-4H3,(H,31,38)(H,30,33,34)/t24-,26-/m0/s1. The molecule has 10 nitrogen and oxygen atoms in total. The van der Waals surface area contributed by atoms with Crippen molar-refractivity contribution in [2.45, 2.75) is 58.2 Å². The highest BCUT2D eigenvalue weighted by atomic mass is 19.1. The van der Waals surface area contributed by atoms with E-state index in [1.807, 2.05) is 57.1 Å². The zero-order valence-electron chi connectivity index (χ0n) is 23.0. The number of benzene rings is 1. The number of piperidine rings is 1. The number of alkyl halides is 1. The average molecular weight is 537 g/mol. The van der Waals surface area contributed by atoms with Crippen LogP contribution in [0.5, 0.6) is 0 Å². The van der Waals surface area contributed by atoms with Crippen LogP contribution in [-0.4, -0.2) is 87.2 Å². The fourth-order valence-corrected chi connectivity index (χ4v) is 5.05. The molecular weight excluding hydrogens is 499 g/mol. The minimum atomic E-state index is -0.956. The summed E-state index contributed by atoms with van der Waals surface area (Å²) in [7, 11) is 1.93. The largest absolute Gasteiger partial charge is 0.372 e. The van der Waals surface area contributed by atoms with Gasteiger partial charge in [0.1, 0.15) is 6.17 Å². The number of carbonyl (C=O) groups excluding carboxylic acids is 1. The number of nitrogens with zero attached hydrogens (tertiary/aromatic N) is 6. The number of hydrogen-bond acceptors (Lipinski definition) is 7. The summed E-state index contributed by atoms with van der Waals surface area (Å²) in [6.45, 7) is 8.99. The monoisotopic (exact) mass is 536 g/mol. The number of urea groups is 1. The number of anilines is 2. The summed E-state index contributed by atoms with van der Waals surface area (Å²) in [5.41, 5.74) is 4.54. The van der Waals surface area contributed by atoms with E-state index in [2.05, 4.69) is 31.8 Å². The first-order valence-corrected chi connectivity index (χ1v) is 13.5. The summed E-state index contributed by atoms with van der Waals surface area (Å²) < 4.78 is 22.0. The highest BCUT2D eigenvalue weighted by Gasteiger charge is 2.32. The normalized spacial score (nSPS) is 20.2. The number of aryl methyl sites for hydroxylation is 1. The Morgan fingerprint density at radius 2 is 2.05 bits per heavy atom. The molecular formula is C28H37FN8O2. The van der Waals surface area contributed by atoms with E-state index >= 15 is 0 Å². The molecule has 5 rings (SSSR count). The Bertz CT molecular complexity index is 1290. The van der Waals surface area contributed by atoms with Gasteiger partial charge in [-0.05, 0) is 57.5 Å². The third-order valence-corrected chi connectivity index (χ3v) is 7.23. The van der Waals surface area contributed by atoms with Gasteiger partial charge in [0.25, 0.3) is 0 Å². The molecule has 2 atom stereocenters. The Morgan fingerprint density at radius 3 is 2.79 bits per heavy atom. The van der Waals surface area contributed by atoms with Gasteiger partial charge < -0.3 is 25.2 Å². The number of rotatable bonds is 8. The lowest BCUT2D eigenvalue weighted by Crippen LogP contribution is -2.58. The predicted molar refractivity (Wildman–Crippen MR) is 148 cm³/mol. The Hall–Kier alpha value is -3.57. The number of hydrogen-bond donors (Lipinski definition) is 2. The Labute approximate surface area is 228 Å². The molecule has 39 heavy (non-hydrogen) atoms. The van der Waals surface area contributed by atoms with Gasteiger partial charge in [-0.3, -0.25) is 4.68 Å². The van der Waals surface area contributed by atoms with Gasteiger partial charge in [-0.2, -0.15) is 5.10 Å². The quantitative estimate of drug-likeness (QED) is 0.450. The fraction of sp³-hybridized carbons (Fsp3) is 0.500. The molecule has 2 aliphatic rings. The second kappa shape index (κ2) is 11.7. The molecule has 2 fully saturated rings. The maximum absolute atomic E-state index is 14.5. The van der Waals surface area contributed by atoms with Crippen molar-refractivity contribution in [2.24, 2.45) is 0 Å². The summed E-state index contributed by atoms with van der Waals surface area (Å²) in [5, 5.41) is 10.6. The van der Waals surface area contributed by atoms with E-state index in [1.165, 1.54) is 0 Å². The minimum absolute atomic E-state index is 0.0743. The SMILES string of the molecule is Cc1cc(-c2ccnc(Nc3cnn([C@H]4CCN(C)C[C@@H]4F)c3)n2)ccc1CNC(=O)N1CC(OC(C)C)C1. The number of amides is 2. The van der Waals surface area contributed by atoms with Crippen molar-refractivity contribution in [3.8, 4) is 11.3 Å². The molecule has 0 radical (unpaired) electrons. The van der Waals surface area contributed by atoms with E-state index in [0.717, 1.165) is 35.3 Å². The third kappa shape index (κ3) is 6.54. The van der Waals surface area contributed by atoms with Crippen LogP contribution in [0.15, 0.2) is 42.9 Å². The van der Waals surface area contributed by atoms with Crippen LogP contribution in [-0.2, 0) is 11.3 Å². The van der Waals surface area contributed by atoms with Crippen LogP contribution in [0.1, 0.15) is 37.4 Å². The second-order valence-corrected chi connectivity index (χ2v) is 10.7. The minimum Gasteiger partial charge on any atom is -0.372 e. The number of carbonyl (C=O) groups is 1. The summed E-state index contributed by atoms with van der Waals surface area (Å²) in [6, 6.07) is 7.59. The molecule has 0 aliphatic carbocycles. The molecule has 0 bridgehead atoms. The van der Waals surface area contributed by atoms with E-state index in [-0.39, 0.29) is 24.3 Å². The van der Waals surface area contributed by atoms with Gasteiger partial charge in [0.2, 0.25) is 5.95 Å². The van der Waals surface area contributed by atoms with Crippen LogP contribution in [0, 0.1) is 6.92 Å². The highest BCUT2D eigenvalue weighted by molar-refractivity contribution is 5.75. The molecule has 0 saturated carbocycles. The van der Waals surface area contributed by atoms with E-state index in [4.69, 9.17) is 4.74 Å². The number of likely N-dealkylation sites (tertiary alicyclic amines) is 2. The lowest BCUT2D eigenvalue weighted by atomic mass is 10.0. The summed E-state index contributed by atoms with van der Waals surface area (Å²) in [4.78, 5) is 25.2. The van der Waals surface area contributed by atoms with Crippen molar-refractivity contribution in [1.82, 2.24) is 34.9 Å². The molecule has 208 valence electrons. The van der Waals surface area contributed by atoms with E-state index < -0.39 is 6.17 Å². The summed E-state index contributed by atoms with van der Waals surface area (Å²) in [6.07, 6.45) is 5.24. The Balaban J connectivity index is 1.18.